The number of primary amides is 1. The van der Waals surface area contributed by atoms with Gasteiger partial charge >= 0.3 is 6.36 Å². The molecule has 0 heterocycles. The molecular formula is C23H25F3N2O4. The van der Waals surface area contributed by atoms with Crippen molar-refractivity contribution < 1.29 is 32.3 Å². The van der Waals surface area contributed by atoms with Gasteiger partial charge in [0.15, 0.2) is 0 Å². The molecule has 0 aliphatic carbocycles. The van der Waals surface area contributed by atoms with Gasteiger partial charge in [-0.05, 0) is 48.2 Å². The first-order valence-electron chi connectivity index (χ1n) is 10.1. The molecule has 32 heavy (non-hydrogen) atoms. The number of Topliss-reactive ketones (excluding diaryl/α,β-unsaturated/α-hetero) is 1. The number of rotatable bonds is 11. The van der Waals surface area contributed by atoms with Gasteiger partial charge in [-0.3, -0.25) is 14.4 Å². The molecule has 6 nitrogen and oxygen atoms in total. The Labute approximate surface area is 184 Å². The Hall–Kier alpha value is -3.36. The van der Waals surface area contributed by atoms with E-state index < -0.39 is 18.1 Å². The highest BCUT2D eigenvalue weighted by Gasteiger charge is 2.31. The minimum atomic E-state index is -4.76. The summed E-state index contributed by atoms with van der Waals surface area (Å²) in [4.78, 5) is 36.6. The minimum Gasteiger partial charge on any atom is -0.406 e. The summed E-state index contributed by atoms with van der Waals surface area (Å²) < 4.78 is 40.8. The first kappa shape index (κ1) is 24.9. The Bertz CT molecular complexity index is 943. The minimum absolute atomic E-state index is 0.111. The van der Waals surface area contributed by atoms with Gasteiger partial charge in [0.1, 0.15) is 5.75 Å². The number of hydrogen-bond donors (Lipinski definition) is 1. The summed E-state index contributed by atoms with van der Waals surface area (Å²) >= 11 is 0. The lowest BCUT2D eigenvalue weighted by Gasteiger charge is -2.17. The number of hydrogen-bond acceptors (Lipinski definition) is 4. The summed E-state index contributed by atoms with van der Waals surface area (Å²) in [6.07, 6.45) is -1.66. The molecule has 0 bridgehead atoms. The van der Waals surface area contributed by atoms with Gasteiger partial charge in [-0.15, -0.1) is 13.2 Å². The molecule has 0 spiro atoms. The summed E-state index contributed by atoms with van der Waals surface area (Å²) in [6.45, 7) is 0. The van der Waals surface area contributed by atoms with Crippen LogP contribution in [0.25, 0.3) is 11.1 Å². The summed E-state index contributed by atoms with van der Waals surface area (Å²) in [5.74, 6) is -1.84. The Morgan fingerprint density at radius 3 is 2.12 bits per heavy atom. The lowest BCUT2D eigenvalue weighted by molar-refractivity contribution is -0.274. The van der Waals surface area contributed by atoms with Crippen molar-refractivity contribution in [2.45, 2.75) is 44.9 Å². The van der Waals surface area contributed by atoms with Crippen LogP contribution in [-0.4, -0.2) is 31.0 Å². The SMILES string of the molecule is CN(C(=O)C(=O)CCCCCCC(N)=O)c1cccc(-c2ccc(OC(F)(F)F)cc2)c1. The normalized spacial score (nSPS) is 11.1. The van der Waals surface area contributed by atoms with Crippen LogP contribution in [0.2, 0.25) is 0 Å². The highest BCUT2D eigenvalue weighted by Crippen LogP contribution is 2.28. The van der Waals surface area contributed by atoms with E-state index in [4.69, 9.17) is 5.73 Å². The number of unbranched alkanes of at least 4 members (excludes halogenated alkanes) is 3. The van der Waals surface area contributed by atoms with Crippen LogP contribution in [0.15, 0.2) is 48.5 Å². The molecule has 0 fully saturated rings. The number of nitrogens with two attached hydrogens (primary N) is 1. The van der Waals surface area contributed by atoms with Crippen LogP contribution in [0.1, 0.15) is 38.5 Å². The Morgan fingerprint density at radius 2 is 1.53 bits per heavy atom. The molecule has 0 aliphatic rings. The maximum absolute atomic E-state index is 12.5. The average molecular weight is 450 g/mol. The maximum Gasteiger partial charge on any atom is 0.573 e. The first-order valence-corrected chi connectivity index (χ1v) is 10.1. The van der Waals surface area contributed by atoms with E-state index in [0.29, 0.717) is 36.1 Å². The van der Waals surface area contributed by atoms with E-state index in [1.807, 2.05) is 0 Å². The summed E-state index contributed by atoms with van der Waals surface area (Å²) in [7, 11) is 1.49. The van der Waals surface area contributed by atoms with Gasteiger partial charge in [0.05, 0.1) is 0 Å². The van der Waals surface area contributed by atoms with Gasteiger partial charge < -0.3 is 15.4 Å². The number of likely N-dealkylation sites (N-methyl/N-ethyl adjacent to an activating group) is 1. The number of carbonyl (C=O) groups excluding carboxylic acids is 3. The Balaban J connectivity index is 1.96. The second-order valence-electron chi connectivity index (χ2n) is 7.29. The van der Waals surface area contributed by atoms with Crippen molar-refractivity contribution in [1.29, 1.82) is 0 Å². The molecule has 0 unspecified atom stereocenters. The molecular weight excluding hydrogens is 425 g/mol. The number of anilines is 1. The third kappa shape index (κ3) is 8.05. The number of ketones is 1. The molecule has 0 saturated heterocycles. The topological polar surface area (TPSA) is 89.7 Å². The van der Waals surface area contributed by atoms with E-state index in [2.05, 4.69) is 4.74 Å². The quantitative estimate of drug-likeness (QED) is 0.400. The number of carbonyl (C=O) groups is 3. The summed E-state index contributed by atoms with van der Waals surface area (Å²) in [5.41, 5.74) is 6.85. The molecule has 0 aromatic heterocycles. The fourth-order valence-electron chi connectivity index (χ4n) is 3.09. The Morgan fingerprint density at radius 1 is 0.906 bits per heavy atom. The highest BCUT2D eigenvalue weighted by molar-refractivity contribution is 6.41. The van der Waals surface area contributed by atoms with Gasteiger partial charge in [-0.1, -0.05) is 37.1 Å². The van der Waals surface area contributed by atoms with Gasteiger partial charge in [0.25, 0.3) is 5.91 Å². The Kier molecular flexibility index (Phi) is 8.80. The van der Waals surface area contributed by atoms with E-state index in [9.17, 15) is 27.6 Å². The maximum atomic E-state index is 12.5. The molecule has 9 heteroatoms. The second kappa shape index (κ2) is 11.3. The molecule has 2 rings (SSSR count). The third-order valence-corrected chi connectivity index (χ3v) is 4.77. The van der Waals surface area contributed by atoms with Crippen molar-refractivity contribution in [3.8, 4) is 16.9 Å². The smallest absolute Gasteiger partial charge is 0.406 e. The molecule has 0 aliphatic heterocycles. The molecule has 2 aromatic carbocycles. The number of benzene rings is 2. The monoisotopic (exact) mass is 450 g/mol. The standard InChI is InChI=1S/C23H25F3N2O4/c1-28(22(31)20(29)9-4-2-3-5-10-21(27)30)18-8-6-7-17(15-18)16-11-13-19(14-12-16)32-23(24,25)26/h6-8,11-15H,2-5,9-10H2,1H3,(H2,27,30). The largest absolute Gasteiger partial charge is 0.573 e. The molecule has 2 aromatic rings. The van der Waals surface area contributed by atoms with Crippen molar-refractivity contribution >= 4 is 23.3 Å². The summed E-state index contributed by atoms with van der Waals surface area (Å²) in [5, 5.41) is 0. The number of amides is 2. The fourth-order valence-corrected chi connectivity index (χ4v) is 3.09. The molecule has 0 saturated carbocycles. The second-order valence-corrected chi connectivity index (χ2v) is 7.29. The van der Waals surface area contributed by atoms with Crippen LogP contribution in [0.4, 0.5) is 18.9 Å². The first-order chi connectivity index (χ1) is 15.1. The van der Waals surface area contributed by atoms with E-state index in [-0.39, 0.29) is 18.1 Å². The van der Waals surface area contributed by atoms with Crippen molar-refractivity contribution in [2.24, 2.45) is 5.73 Å². The van der Waals surface area contributed by atoms with Crippen LogP contribution in [-0.2, 0) is 14.4 Å². The van der Waals surface area contributed by atoms with E-state index in [1.54, 1.807) is 24.3 Å². The molecule has 2 N–H and O–H groups in total. The summed E-state index contributed by atoms with van der Waals surface area (Å²) in [6, 6.07) is 12.1. The zero-order valence-electron chi connectivity index (χ0n) is 17.7. The number of alkyl halides is 3. The van der Waals surface area contributed by atoms with E-state index in [1.165, 1.54) is 36.2 Å². The highest BCUT2D eigenvalue weighted by atomic mass is 19.4. The van der Waals surface area contributed by atoms with Gasteiger partial charge in [-0.25, -0.2) is 0 Å². The van der Waals surface area contributed by atoms with Crippen molar-refractivity contribution in [2.75, 3.05) is 11.9 Å². The average Bonchev–Trinajstić information content (AvgIpc) is 2.74. The van der Waals surface area contributed by atoms with Crippen LogP contribution in [0.5, 0.6) is 5.75 Å². The van der Waals surface area contributed by atoms with Crippen LogP contribution < -0.4 is 15.4 Å². The third-order valence-electron chi connectivity index (χ3n) is 4.77. The van der Waals surface area contributed by atoms with Gasteiger partial charge in [0, 0.05) is 25.6 Å². The van der Waals surface area contributed by atoms with E-state index >= 15 is 0 Å². The molecule has 2 amide bonds. The molecule has 0 radical (unpaired) electrons. The van der Waals surface area contributed by atoms with Crippen molar-refractivity contribution in [1.82, 2.24) is 0 Å². The van der Waals surface area contributed by atoms with Crippen LogP contribution >= 0.6 is 0 Å². The van der Waals surface area contributed by atoms with Crippen molar-refractivity contribution in [3.05, 3.63) is 48.5 Å². The predicted octanol–water partition coefficient (Wildman–Crippen LogP) is 4.61. The predicted molar refractivity (Wildman–Crippen MR) is 114 cm³/mol. The van der Waals surface area contributed by atoms with Crippen LogP contribution in [0.3, 0.4) is 0 Å². The zero-order valence-corrected chi connectivity index (χ0v) is 17.7. The van der Waals surface area contributed by atoms with Gasteiger partial charge in [0.2, 0.25) is 11.7 Å². The lowest BCUT2D eigenvalue weighted by atomic mass is 10.0. The van der Waals surface area contributed by atoms with Crippen LogP contribution in [0, 0.1) is 0 Å². The lowest BCUT2D eigenvalue weighted by Crippen LogP contribution is -2.33. The number of nitrogens with zero attached hydrogens (tertiary/aromatic N) is 1. The number of halogens is 3. The van der Waals surface area contributed by atoms with E-state index in [0.717, 1.165) is 12.8 Å². The molecule has 172 valence electrons. The zero-order chi connectivity index (χ0) is 23.7. The van der Waals surface area contributed by atoms with Gasteiger partial charge in [-0.2, -0.15) is 0 Å². The fraction of sp³-hybridized carbons (Fsp3) is 0.348. The van der Waals surface area contributed by atoms with Crippen molar-refractivity contribution in [3.63, 3.8) is 0 Å². The number of ether oxygens (including phenoxy) is 1. The molecule has 0 atom stereocenters.